The van der Waals surface area contributed by atoms with Gasteiger partial charge in [-0.2, -0.15) is 0 Å². The average molecular weight is 551 g/mol. The molecule has 1 N–H and O–H groups in total. The largest absolute Gasteiger partial charge is 0.508 e. The van der Waals surface area contributed by atoms with Gasteiger partial charge in [0.25, 0.3) is 0 Å². The van der Waals surface area contributed by atoms with Crippen molar-refractivity contribution in [1.29, 1.82) is 0 Å². The molecule has 2 aromatic rings. The summed E-state index contributed by atoms with van der Waals surface area (Å²) in [5.41, 5.74) is 1.21. The van der Waals surface area contributed by atoms with Crippen LogP contribution in [0.1, 0.15) is 43.7 Å². The number of carbonyl (C=O) groups is 4. The summed E-state index contributed by atoms with van der Waals surface area (Å²) in [6.45, 7) is 5.59. The van der Waals surface area contributed by atoms with Crippen LogP contribution in [0, 0.1) is 41.8 Å². The number of hydrogen-bond donors (Lipinski definition) is 1. The molecule has 2 aliphatic heterocycles. The van der Waals surface area contributed by atoms with Crippen LogP contribution >= 0.6 is 11.6 Å². The number of fused-ring (bicyclic) bond motifs is 4. The molecule has 3 fully saturated rings. The van der Waals surface area contributed by atoms with E-state index in [1.165, 1.54) is 17.0 Å². The SMILES string of the molecule is CCN1C(=O)C2CC=C3C(CC4C(=O)N(c5ccc(F)c(Cl)c5)C(=O)C4(C)C3c3ccc(O)c(C)c3)C2C1=O. The van der Waals surface area contributed by atoms with Crippen molar-refractivity contribution in [2.45, 2.75) is 39.5 Å². The maximum absolute atomic E-state index is 14.3. The number of aryl methyl sites for hydroxylation is 1. The van der Waals surface area contributed by atoms with E-state index in [2.05, 4.69) is 0 Å². The first-order chi connectivity index (χ1) is 18.5. The van der Waals surface area contributed by atoms with Crippen molar-refractivity contribution in [3.63, 3.8) is 0 Å². The Morgan fingerprint density at radius 3 is 2.46 bits per heavy atom. The summed E-state index contributed by atoms with van der Waals surface area (Å²) in [7, 11) is 0. The van der Waals surface area contributed by atoms with Crippen LogP contribution in [0.4, 0.5) is 10.1 Å². The number of halogens is 2. The minimum atomic E-state index is -1.22. The van der Waals surface area contributed by atoms with Gasteiger partial charge in [0, 0.05) is 12.5 Å². The van der Waals surface area contributed by atoms with Crippen LogP contribution in [0.3, 0.4) is 0 Å². The van der Waals surface area contributed by atoms with Gasteiger partial charge in [-0.1, -0.05) is 35.4 Å². The molecule has 6 atom stereocenters. The number of amides is 4. The van der Waals surface area contributed by atoms with Crippen LogP contribution in [0.5, 0.6) is 5.75 Å². The van der Waals surface area contributed by atoms with E-state index >= 15 is 0 Å². The Hall–Kier alpha value is -3.52. The molecule has 7 nitrogen and oxygen atoms in total. The number of phenolic OH excluding ortho intramolecular Hbond substituents is 1. The van der Waals surface area contributed by atoms with Crippen molar-refractivity contribution in [2.75, 3.05) is 11.4 Å². The third-order valence-corrected chi connectivity index (χ3v) is 9.69. The first kappa shape index (κ1) is 25.7. The zero-order valence-electron chi connectivity index (χ0n) is 21.8. The highest BCUT2D eigenvalue weighted by molar-refractivity contribution is 6.31. The van der Waals surface area contributed by atoms with Crippen molar-refractivity contribution >= 4 is 40.9 Å². The van der Waals surface area contributed by atoms with Gasteiger partial charge in [0.2, 0.25) is 23.6 Å². The second kappa shape index (κ2) is 8.74. The second-order valence-corrected chi connectivity index (χ2v) is 11.6. The summed E-state index contributed by atoms with van der Waals surface area (Å²) in [5, 5.41) is 10.0. The van der Waals surface area contributed by atoms with Gasteiger partial charge in [-0.3, -0.25) is 24.1 Å². The van der Waals surface area contributed by atoms with E-state index in [1.54, 1.807) is 32.9 Å². The lowest BCUT2D eigenvalue weighted by atomic mass is 9.51. The van der Waals surface area contributed by atoms with E-state index in [0.29, 0.717) is 12.0 Å². The monoisotopic (exact) mass is 550 g/mol. The predicted molar refractivity (Wildman–Crippen MR) is 141 cm³/mol. The van der Waals surface area contributed by atoms with Crippen LogP contribution in [0.2, 0.25) is 5.02 Å². The first-order valence-corrected chi connectivity index (χ1v) is 13.6. The van der Waals surface area contributed by atoms with Gasteiger partial charge >= 0.3 is 0 Å². The molecule has 202 valence electrons. The molecule has 4 amide bonds. The van der Waals surface area contributed by atoms with Crippen LogP contribution in [0.15, 0.2) is 48.0 Å². The van der Waals surface area contributed by atoms with Gasteiger partial charge in [0.05, 0.1) is 33.9 Å². The van der Waals surface area contributed by atoms with E-state index in [1.807, 2.05) is 12.1 Å². The Bertz CT molecular complexity index is 1500. The number of benzene rings is 2. The fourth-order valence-electron chi connectivity index (χ4n) is 7.50. The highest BCUT2D eigenvalue weighted by atomic mass is 35.5. The van der Waals surface area contributed by atoms with Crippen molar-refractivity contribution in [1.82, 2.24) is 4.90 Å². The van der Waals surface area contributed by atoms with Crippen molar-refractivity contribution in [3.8, 4) is 5.75 Å². The fraction of sp³-hybridized carbons (Fsp3) is 0.400. The minimum Gasteiger partial charge on any atom is -0.508 e. The molecule has 0 aromatic heterocycles. The van der Waals surface area contributed by atoms with Crippen LogP contribution in [0.25, 0.3) is 0 Å². The molecule has 39 heavy (non-hydrogen) atoms. The normalized spacial score (nSPS) is 31.8. The number of rotatable bonds is 3. The third kappa shape index (κ3) is 3.40. The van der Waals surface area contributed by atoms with Gasteiger partial charge in [-0.15, -0.1) is 0 Å². The van der Waals surface area contributed by atoms with E-state index < -0.39 is 52.6 Å². The first-order valence-electron chi connectivity index (χ1n) is 13.2. The van der Waals surface area contributed by atoms with Crippen LogP contribution < -0.4 is 4.90 Å². The maximum atomic E-state index is 14.3. The number of aromatic hydroxyl groups is 1. The molecule has 9 heteroatoms. The van der Waals surface area contributed by atoms with Gasteiger partial charge < -0.3 is 5.11 Å². The number of anilines is 1. The molecule has 1 saturated carbocycles. The lowest BCUT2D eigenvalue weighted by Crippen LogP contribution is -2.48. The quantitative estimate of drug-likeness (QED) is 0.440. The standard InChI is InChI=1S/C30H28ClFN2O5/c1-4-33-26(36)18-8-7-17-19(24(18)28(33)38)13-20-27(37)34(16-6-9-22(32)21(31)12-16)29(39)30(20,3)25(17)15-5-10-23(35)14(2)11-15/h5-7,9-12,18-20,24-25,35H,4,8,13H2,1-3H3. The van der Waals surface area contributed by atoms with Crippen LogP contribution in [-0.2, 0) is 19.2 Å². The van der Waals surface area contributed by atoms with E-state index in [-0.39, 0.29) is 41.2 Å². The van der Waals surface area contributed by atoms with Gasteiger partial charge in [-0.05, 0) is 74.9 Å². The molecule has 0 bridgehead atoms. The van der Waals surface area contributed by atoms with Crippen molar-refractivity contribution in [3.05, 3.63) is 70.0 Å². The summed E-state index contributed by atoms with van der Waals surface area (Å²) in [5.74, 6) is -4.68. The smallest absolute Gasteiger partial charge is 0.241 e. The Kier molecular flexibility index (Phi) is 5.77. The highest BCUT2D eigenvalue weighted by Crippen LogP contribution is 2.63. The molecular weight excluding hydrogens is 523 g/mol. The highest BCUT2D eigenvalue weighted by Gasteiger charge is 2.67. The zero-order valence-corrected chi connectivity index (χ0v) is 22.5. The predicted octanol–water partition coefficient (Wildman–Crippen LogP) is 4.74. The number of carbonyl (C=O) groups excluding carboxylic acids is 4. The minimum absolute atomic E-state index is 0.108. The Labute approximate surface area is 230 Å². The zero-order chi connectivity index (χ0) is 28.0. The molecule has 4 aliphatic rings. The fourth-order valence-corrected chi connectivity index (χ4v) is 7.68. The molecule has 2 saturated heterocycles. The lowest BCUT2D eigenvalue weighted by Gasteiger charge is -2.49. The van der Waals surface area contributed by atoms with Crippen molar-refractivity contribution < 1.29 is 28.7 Å². The summed E-state index contributed by atoms with van der Waals surface area (Å²) >= 11 is 6.02. The van der Waals surface area contributed by atoms with Gasteiger partial charge in [0.1, 0.15) is 11.6 Å². The number of allylic oxidation sites excluding steroid dienone is 2. The molecule has 6 rings (SSSR count). The Morgan fingerprint density at radius 2 is 1.79 bits per heavy atom. The summed E-state index contributed by atoms with van der Waals surface area (Å²) < 4.78 is 13.9. The molecule has 0 spiro atoms. The van der Waals surface area contributed by atoms with E-state index in [0.717, 1.165) is 22.1 Å². The molecule has 0 radical (unpaired) electrons. The average Bonchev–Trinajstić information content (AvgIpc) is 3.26. The molecule has 6 unspecified atom stereocenters. The topological polar surface area (TPSA) is 95.0 Å². The van der Waals surface area contributed by atoms with Crippen LogP contribution in [-0.4, -0.2) is 40.2 Å². The van der Waals surface area contributed by atoms with Gasteiger partial charge in [0.15, 0.2) is 0 Å². The Morgan fingerprint density at radius 1 is 1.05 bits per heavy atom. The van der Waals surface area contributed by atoms with Crippen molar-refractivity contribution in [2.24, 2.45) is 29.1 Å². The molecular formula is C30H28ClFN2O5. The summed E-state index contributed by atoms with van der Waals surface area (Å²) in [4.78, 5) is 57.3. The molecule has 2 aromatic carbocycles. The summed E-state index contributed by atoms with van der Waals surface area (Å²) in [6, 6.07) is 8.89. The second-order valence-electron chi connectivity index (χ2n) is 11.2. The number of nitrogens with zero attached hydrogens (tertiary/aromatic N) is 2. The third-order valence-electron chi connectivity index (χ3n) is 9.40. The molecule has 2 heterocycles. The maximum Gasteiger partial charge on any atom is 0.241 e. The van der Waals surface area contributed by atoms with E-state index in [9.17, 15) is 28.7 Å². The van der Waals surface area contributed by atoms with Gasteiger partial charge in [-0.25, -0.2) is 9.29 Å². The number of phenols is 1. The number of likely N-dealkylation sites (tertiary alicyclic amines) is 1. The number of imide groups is 2. The number of hydrogen-bond acceptors (Lipinski definition) is 5. The summed E-state index contributed by atoms with van der Waals surface area (Å²) in [6.07, 6.45) is 2.61. The Balaban J connectivity index is 1.53. The lowest BCUT2D eigenvalue weighted by molar-refractivity contribution is -0.140. The van der Waals surface area contributed by atoms with E-state index in [4.69, 9.17) is 11.6 Å². The molecule has 2 aliphatic carbocycles.